The highest BCUT2D eigenvalue weighted by molar-refractivity contribution is 9.10. The van der Waals surface area contributed by atoms with E-state index in [1.807, 2.05) is 0 Å². The lowest BCUT2D eigenvalue weighted by molar-refractivity contribution is 0.629. The van der Waals surface area contributed by atoms with Gasteiger partial charge in [0, 0.05) is 27.5 Å². The number of aromatic amines is 1. The Bertz CT molecular complexity index is 520. The van der Waals surface area contributed by atoms with E-state index in [9.17, 15) is 9.18 Å². The zero-order valence-electron chi connectivity index (χ0n) is 6.47. The second kappa shape index (κ2) is 2.96. The number of halogens is 2. The molecule has 0 bridgehead atoms. The molecule has 1 N–H and O–H groups in total. The number of pyridine rings is 1. The molecule has 4 heteroatoms. The molecular weight excluding hydrogens is 237 g/mol. The Labute approximate surface area is 81.5 Å². The minimum absolute atomic E-state index is 0.195. The van der Waals surface area contributed by atoms with E-state index in [-0.39, 0.29) is 11.4 Å². The summed E-state index contributed by atoms with van der Waals surface area (Å²) in [6.07, 6.45) is 1.49. The van der Waals surface area contributed by atoms with Gasteiger partial charge in [-0.1, -0.05) is 15.9 Å². The molecule has 0 aliphatic heterocycles. The number of H-pyrrole nitrogens is 1. The van der Waals surface area contributed by atoms with E-state index in [4.69, 9.17) is 0 Å². The van der Waals surface area contributed by atoms with Crippen LogP contribution in [0.25, 0.3) is 10.8 Å². The van der Waals surface area contributed by atoms with Crippen LogP contribution in [-0.4, -0.2) is 4.98 Å². The SMILES string of the molecule is O=c1cc2c(Br)cc(F)cc2c[nH]1. The van der Waals surface area contributed by atoms with Crippen LogP contribution in [0.4, 0.5) is 4.39 Å². The zero-order chi connectivity index (χ0) is 9.42. The molecule has 0 atom stereocenters. The molecule has 2 aromatic rings. The van der Waals surface area contributed by atoms with Gasteiger partial charge in [0.1, 0.15) is 5.82 Å². The number of hydrogen-bond donors (Lipinski definition) is 1. The Balaban J connectivity index is 2.95. The summed E-state index contributed by atoms with van der Waals surface area (Å²) < 4.78 is 13.5. The van der Waals surface area contributed by atoms with Crippen molar-refractivity contribution in [2.45, 2.75) is 0 Å². The van der Waals surface area contributed by atoms with Gasteiger partial charge in [-0.3, -0.25) is 4.79 Å². The summed E-state index contributed by atoms with van der Waals surface area (Å²) in [6.45, 7) is 0. The molecule has 0 unspecified atom stereocenters. The van der Waals surface area contributed by atoms with Crippen LogP contribution in [0.5, 0.6) is 0 Å². The highest BCUT2D eigenvalue weighted by atomic mass is 79.9. The Hall–Kier alpha value is -1.16. The molecule has 0 spiro atoms. The molecule has 0 fully saturated rings. The number of rotatable bonds is 0. The molecule has 0 saturated carbocycles. The highest BCUT2D eigenvalue weighted by Crippen LogP contribution is 2.23. The summed E-state index contributed by atoms with van der Waals surface area (Å²) >= 11 is 3.19. The van der Waals surface area contributed by atoms with Crippen LogP contribution in [-0.2, 0) is 0 Å². The van der Waals surface area contributed by atoms with Crippen molar-refractivity contribution in [2.75, 3.05) is 0 Å². The first kappa shape index (κ1) is 8.44. The second-order valence-electron chi connectivity index (χ2n) is 2.69. The van der Waals surface area contributed by atoms with Crippen LogP contribution in [0.1, 0.15) is 0 Å². The predicted octanol–water partition coefficient (Wildman–Crippen LogP) is 2.43. The van der Waals surface area contributed by atoms with E-state index in [2.05, 4.69) is 20.9 Å². The van der Waals surface area contributed by atoms with Crippen LogP contribution in [0, 0.1) is 5.82 Å². The number of aromatic nitrogens is 1. The third kappa shape index (κ3) is 1.49. The van der Waals surface area contributed by atoms with Gasteiger partial charge in [-0.05, 0) is 12.1 Å². The first-order valence-corrected chi connectivity index (χ1v) is 4.43. The molecule has 0 aliphatic rings. The van der Waals surface area contributed by atoms with Crippen LogP contribution in [0.3, 0.4) is 0 Å². The van der Waals surface area contributed by atoms with Gasteiger partial charge < -0.3 is 4.98 Å². The standard InChI is InChI=1S/C9H5BrFNO/c10-8-2-6(11)1-5-4-12-9(13)3-7(5)8/h1-4H,(H,12,13). The van der Waals surface area contributed by atoms with Crippen molar-refractivity contribution < 1.29 is 4.39 Å². The third-order valence-corrected chi connectivity index (χ3v) is 2.43. The van der Waals surface area contributed by atoms with E-state index >= 15 is 0 Å². The number of fused-ring (bicyclic) bond motifs is 1. The van der Waals surface area contributed by atoms with Crippen molar-refractivity contribution in [3.05, 3.63) is 45.0 Å². The molecule has 13 heavy (non-hydrogen) atoms. The highest BCUT2D eigenvalue weighted by Gasteiger charge is 2.01. The first-order chi connectivity index (χ1) is 6.16. The third-order valence-electron chi connectivity index (χ3n) is 1.77. The lowest BCUT2D eigenvalue weighted by Gasteiger charge is -1.99. The molecule has 0 radical (unpaired) electrons. The van der Waals surface area contributed by atoms with Gasteiger partial charge in [-0.2, -0.15) is 0 Å². The van der Waals surface area contributed by atoms with Gasteiger partial charge in [-0.25, -0.2) is 4.39 Å². The minimum atomic E-state index is -0.327. The first-order valence-electron chi connectivity index (χ1n) is 3.64. The topological polar surface area (TPSA) is 32.9 Å². The summed E-state index contributed by atoms with van der Waals surface area (Å²) in [7, 11) is 0. The van der Waals surface area contributed by atoms with E-state index in [0.717, 1.165) is 0 Å². The smallest absolute Gasteiger partial charge is 0.248 e. The molecular formula is C9H5BrFNO. The van der Waals surface area contributed by atoms with E-state index in [1.165, 1.54) is 24.4 Å². The fourth-order valence-electron chi connectivity index (χ4n) is 1.20. The van der Waals surface area contributed by atoms with Crippen molar-refractivity contribution in [3.8, 4) is 0 Å². The lowest BCUT2D eigenvalue weighted by Crippen LogP contribution is -2.01. The molecule has 0 saturated heterocycles. The van der Waals surface area contributed by atoms with Crippen molar-refractivity contribution >= 4 is 26.7 Å². The summed E-state index contributed by atoms with van der Waals surface area (Å²) in [5.41, 5.74) is -0.195. The monoisotopic (exact) mass is 241 g/mol. The van der Waals surface area contributed by atoms with Crippen LogP contribution >= 0.6 is 15.9 Å². The van der Waals surface area contributed by atoms with Gasteiger partial charge >= 0.3 is 0 Å². The summed E-state index contributed by atoms with van der Waals surface area (Å²) in [6, 6.07) is 4.14. The fourth-order valence-corrected chi connectivity index (χ4v) is 1.76. The van der Waals surface area contributed by atoms with Gasteiger partial charge in [0.25, 0.3) is 0 Å². The maximum absolute atomic E-state index is 12.9. The number of benzene rings is 1. The van der Waals surface area contributed by atoms with Crippen molar-refractivity contribution in [1.82, 2.24) is 4.98 Å². The van der Waals surface area contributed by atoms with Gasteiger partial charge in [0.15, 0.2) is 0 Å². The average Bonchev–Trinajstić information content (AvgIpc) is 2.06. The molecule has 66 valence electrons. The van der Waals surface area contributed by atoms with E-state index in [1.54, 1.807) is 0 Å². The Kier molecular flexibility index (Phi) is 1.92. The maximum Gasteiger partial charge on any atom is 0.248 e. The summed E-state index contributed by atoms with van der Waals surface area (Å²) in [5.74, 6) is -0.327. The van der Waals surface area contributed by atoms with Gasteiger partial charge in [-0.15, -0.1) is 0 Å². The molecule has 1 aromatic heterocycles. The Morgan fingerprint density at radius 1 is 1.31 bits per heavy atom. The molecule has 0 amide bonds. The predicted molar refractivity (Wildman–Crippen MR) is 52.2 cm³/mol. The van der Waals surface area contributed by atoms with Crippen molar-refractivity contribution in [2.24, 2.45) is 0 Å². The quantitative estimate of drug-likeness (QED) is 0.756. The fraction of sp³-hybridized carbons (Fsp3) is 0. The Morgan fingerprint density at radius 2 is 2.08 bits per heavy atom. The summed E-state index contributed by atoms with van der Waals surface area (Å²) in [4.78, 5) is 13.4. The van der Waals surface area contributed by atoms with E-state index < -0.39 is 0 Å². The molecule has 2 rings (SSSR count). The minimum Gasteiger partial charge on any atom is -0.328 e. The van der Waals surface area contributed by atoms with E-state index in [0.29, 0.717) is 15.2 Å². The normalized spacial score (nSPS) is 10.6. The van der Waals surface area contributed by atoms with Gasteiger partial charge in [0.05, 0.1) is 0 Å². The number of hydrogen-bond acceptors (Lipinski definition) is 1. The van der Waals surface area contributed by atoms with Crippen LogP contribution in [0.15, 0.2) is 33.7 Å². The zero-order valence-corrected chi connectivity index (χ0v) is 8.06. The van der Waals surface area contributed by atoms with Crippen LogP contribution < -0.4 is 5.56 Å². The molecule has 0 aliphatic carbocycles. The molecule has 1 aromatic carbocycles. The average molecular weight is 242 g/mol. The largest absolute Gasteiger partial charge is 0.328 e. The van der Waals surface area contributed by atoms with Crippen molar-refractivity contribution in [1.29, 1.82) is 0 Å². The van der Waals surface area contributed by atoms with Crippen LogP contribution in [0.2, 0.25) is 0 Å². The summed E-state index contributed by atoms with van der Waals surface area (Å²) in [5, 5.41) is 1.39. The maximum atomic E-state index is 12.9. The van der Waals surface area contributed by atoms with Gasteiger partial charge in [0.2, 0.25) is 5.56 Å². The molecule has 1 heterocycles. The Morgan fingerprint density at radius 3 is 2.85 bits per heavy atom. The lowest BCUT2D eigenvalue weighted by atomic mass is 10.2. The number of nitrogens with one attached hydrogen (secondary N) is 1. The second-order valence-corrected chi connectivity index (χ2v) is 3.54. The van der Waals surface area contributed by atoms with Crippen molar-refractivity contribution in [3.63, 3.8) is 0 Å². The molecule has 2 nitrogen and oxygen atoms in total.